The summed E-state index contributed by atoms with van der Waals surface area (Å²) in [5, 5.41) is 0. The van der Waals surface area contributed by atoms with Gasteiger partial charge in [0.2, 0.25) is 23.6 Å². The maximum atomic E-state index is 10.3. The molecule has 0 aliphatic rings. The van der Waals surface area contributed by atoms with E-state index in [4.69, 9.17) is 11.5 Å². The van der Waals surface area contributed by atoms with Crippen molar-refractivity contribution in [3.8, 4) is 0 Å². The summed E-state index contributed by atoms with van der Waals surface area (Å²) in [5.41, 5.74) is 18.8. The lowest BCUT2D eigenvalue weighted by Gasteiger charge is -1.96. The number of carbonyl (C=O) groups excluding carboxylic acids is 4. The molecule has 8 nitrogen and oxygen atoms in total. The Morgan fingerprint density at radius 3 is 1.05 bits per heavy atom. The molecule has 0 bridgehead atoms. The molecule has 0 fully saturated rings. The summed E-state index contributed by atoms with van der Waals surface area (Å²) < 4.78 is 0. The van der Waals surface area contributed by atoms with E-state index in [1.807, 2.05) is 0 Å². The van der Waals surface area contributed by atoms with E-state index in [2.05, 4.69) is 11.5 Å². The van der Waals surface area contributed by atoms with Crippen LogP contribution in [0.1, 0.15) is 26.7 Å². The lowest BCUT2D eigenvalue weighted by Crippen LogP contribution is -2.11. The molecule has 0 heterocycles. The van der Waals surface area contributed by atoms with Gasteiger partial charge in [-0.1, -0.05) is 21.6 Å². The smallest absolute Gasteiger partial charge is 0.218 e. The third kappa shape index (κ3) is 70.0. The first-order valence-electron chi connectivity index (χ1n) is 5.42. The Balaban J connectivity index is -0.000000297. The van der Waals surface area contributed by atoms with Crippen LogP contribution in [0.3, 0.4) is 0 Å². The van der Waals surface area contributed by atoms with Crippen LogP contribution in [0.25, 0.3) is 0 Å². The van der Waals surface area contributed by atoms with E-state index in [1.165, 1.54) is 35.4 Å². The fourth-order valence-electron chi connectivity index (χ4n) is 0.402. The Hall–Kier alpha value is -1.42. The van der Waals surface area contributed by atoms with Gasteiger partial charge in [0.15, 0.2) is 0 Å². The standard InChI is InChI=1S/C6H12N2O2S2.2C2H5NO/c7-5(9)1-3-11-12-4-2-6(8)10;2*1-2(3)4/h1-4H2,(H2,7,9)(H2,8,10);2*1H3,(H2,3,4). The molecule has 118 valence electrons. The lowest BCUT2D eigenvalue weighted by molar-refractivity contribution is -0.118. The SMILES string of the molecule is CC(N)=O.CC(N)=O.NC(=O)CCSSCCC(N)=O. The summed E-state index contributed by atoms with van der Waals surface area (Å²) >= 11 is 0. The number of nitrogens with two attached hydrogens (primary N) is 4. The van der Waals surface area contributed by atoms with Crippen molar-refractivity contribution in [1.29, 1.82) is 0 Å². The number of carbonyl (C=O) groups is 4. The number of rotatable bonds is 7. The summed E-state index contributed by atoms with van der Waals surface area (Å²) in [7, 11) is 3.06. The van der Waals surface area contributed by atoms with Crippen molar-refractivity contribution >= 4 is 45.2 Å². The van der Waals surface area contributed by atoms with Crippen molar-refractivity contribution in [2.45, 2.75) is 26.7 Å². The number of hydrogen-bond acceptors (Lipinski definition) is 6. The molecule has 4 amide bonds. The minimum Gasteiger partial charge on any atom is -0.370 e. The van der Waals surface area contributed by atoms with E-state index in [9.17, 15) is 19.2 Å². The second-order valence-corrected chi connectivity index (χ2v) is 6.00. The van der Waals surface area contributed by atoms with Gasteiger partial charge in [0.05, 0.1) is 0 Å². The molecule has 0 saturated carbocycles. The Labute approximate surface area is 126 Å². The van der Waals surface area contributed by atoms with Crippen molar-refractivity contribution in [1.82, 2.24) is 0 Å². The van der Waals surface area contributed by atoms with Crippen molar-refractivity contribution in [3.63, 3.8) is 0 Å². The molecule has 10 heteroatoms. The van der Waals surface area contributed by atoms with Crippen molar-refractivity contribution < 1.29 is 19.2 Å². The van der Waals surface area contributed by atoms with Gasteiger partial charge in [-0.3, -0.25) is 19.2 Å². The molecule has 0 atom stereocenters. The number of primary amides is 4. The van der Waals surface area contributed by atoms with Gasteiger partial charge in [0, 0.05) is 38.2 Å². The molecule has 20 heavy (non-hydrogen) atoms. The fraction of sp³-hybridized carbons (Fsp3) is 0.600. The van der Waals surface area contributed by atoms with Gasteiger partial charge in [-0.15, -0.1) is 0 Å². The molecule has 8 N–H and O–H groups in total. The first-order chi connectivity index (χ1) is 9.09. The van der Waals surface area contributed by atoms with Crippen LogP contribution in [0.15, 0.2) is 0 Å². The molecule has 0 aromatic heterocycles. The average molecular weight is 326 g/mol. The minimum atomic E-state index is -0.333. The zero-order valence-electron chi connectivity index (χ0n) is 11.6. The van der Waals surface area contributed by atoms with E-state index in [0.717, 1.165) is 0 Å². The van der Waals surface area contributed by atoms with Crippen molar-refractivity contribution in [2.75, 3.05) is 11.5 Å². The molecule has 0 spiro atoms. The zero-order valence-corrected chi connectivity index (χ0v) is 13.2. The van der Waals surface area contributed by atoms with E-state index >= 15 is 0 Å². The van der Waals surface area contributed by atoms with E-state index < -0.39 is 0 Å². The van der Waals surface area contributed by atoms with Crippen LogP contribution in [0, 0.1) is 0 Å². The second-order valence-electron chi connectivity index (χ2n) is 3.30. The normalized spacial score (nSPS) is 8.30. The molecule has 0 aromatic carbocycles. The lowest BCUT2D eigenvalue weighted by atomic mass is 10.5. The van der Waals surface area contributed by atoms with Gasteiger partial charge in [-0.25, -0.2) is 0 Å². The van der Waals surface area contributed by atoms with Gasteiger partial charge in [-0.05, 0) is 0 Å². The highest BCUT2D eigenvalue weighted by atomic mass is 33.1. The van der Waals surface area contributed by atoms with Crippen LogP contribution in [0.4, 0.5) is 0 Å². The van der Waals surface area contributed by atoms with Crippen LogP contribution in [-0.2, 0) is 19.2 Å². The summed E-state index contributed by atoms with van der Waals surface area (Å²) in [6.07, 6.45) is 0.766. The van der Waals surface area contributed by atoms with Crippen LogP contribution < -0.4 is 22.9 Å². The van der Waals surface area contributed by atoms with Crippen molar-refractivity contribution in [2.24, 2.45) is 22.9 Å². The molecule has 0 radical (unpaired) electrons. The quantitative estimate of drug-likeness (QED) is 0.348. The first kappa shape index (κ1) is 23.7. The Morgan fingerprint density at radius 1 is 0.700 bits per heavy atom. The summed E-state index contributed by atoms with van der Waals surface area (Å²) in [4.78, 5) is 39.0. The predicted octanol–water partition coefficient (Wildman–Crippen LogP) is -0.898. The molecule has 0 rings (SSSR count). The maximum Gasteiger partial charge on any atom is 0.218 e. The monoisotopic (exact) mass is 326 g/mol. The highest BCUT2D eigenvalue weighted by molar-refractivity contribution is 8.76. The van der Waals surface area contributed by atoms with Crippen LogP contribution in [-0.4, -0.2) is 35.1 Å². The van der Waals surface area contributed by atoms with Crippen LogP contribution >= 0.6 is 21.6 Å². The van der Waals surface area contributed by atoms with E-state index in [0.29, 0.717) is 24.3 Å². The van der Waals surface area contributed by atoms with E-state index in [-0.39, 0.29) is 23.6 Å². The van der Waals surface area contributed by atoms with Crippen LogP contribution in [0.2, 0.25) is 0 Å². The van der Waals surface area contributed by atoms with Crippen molar-refractivity contribution in [3.05, 3.63) is 0 Å². The fourth-order valence-corrected chi connectivity index (χ4v) is 2.41. The number of hydrogen-bond donors (Lipinski definition) is 4. The Bertz CT molecular complexity index is 276. The summed E-state index contributed by atoms with van der Waals surface area (Å²) in [6, 6.07) is 0. The molecular formula is C10H22N4O4S2. The summed E-state index contributed by atoms with van der Waals surface area (Å²) in [5.74, 6) is 0.133. The highest BCUT2D eigenvalue weighted by Gasteiger charge is 1.97. The molecule has 0 aliphatic heterocycles. The molecule has 0 unspecified atom stereocenters. The molecule has 0 aromatic rings. The van der Waals surface area contributed by atoms with Gasteiger partial charge in [0.25, 0.3) is 0 Å². The topological polar surface area (TPSA) is 172 Å². The van der Waals surface area contributed by atoms with Gasteiger partial charge >= 0.3 is 0 Å². The summed E-state index contributed by atoms with van der Waals surface area (Å²) in [6.45, 7) is 2.61. The van der Waals surface area contributed by atoms with Gasteiger partial charge in [-0.2, -0.15) is 0 Å². The van der Waals surface area contributed by atoms with E-state index in [1.54, 1.807) is 0 Å². The highest BCUT2D eigenvalue weighted by Crippen LogP contribution is 2.22. The van der Waals surface area contributed by atoms with Gasteiger partial charge < -0.3 is 22.9 Å². The van der Waals surface area contributed by atoms with Gasteiger partial charge in [0.1, 0.15) is 0 Å². The second kappa shape index (κ2) is 17.6. The molecule has 0 aliphatic carbocycles. The molecular weight excluding hydrogens is 304 g/mol. The zero-order chi connectivity index (χ0) is 16.6. The van der Waals surface area contributed by atoms with Crippen LogP contribution in [0.5, 0.6) is 0 Å². The maximum absolute atomic E-state index is 10.3. The predicted molar refractivity (Wildman–Crippen MR) is 82.3 cm³/mol. The first-order valence-corrected chi connectivity index (χ1v) is 7.91. The average Bonchev–Trinajstić information content (AvgIpc) is 2.20. The number of amides is 4. The Morgan fingerprint density at radius 2 is 0.900 bits per heavy atom. The third-order valence-electron chi connectivity index (χ3n) is 0.947. The largest absolute Gasteiger partial charge is 0.370 e. The Kier molecular flexibility index (Phi) is 20.8. The third-order valence-corrected chi connectivity index (χ3v) is 3.36. The minimum absolute atomic E-state index is 0.294. The molecule has 0 saturated heterocycles.